The van der Waals surface area contributed by atoms with Crippen molar-refractivity contribution in [2.45, 2.75) is 20.3 Å². The first-order chi connectivity index (χ1) is 8.65. The average Bonchev–Trinajstić information content (AvgIpc) is 2.78. The zero-order chi connectivity index (χ0) is 13.1. The molecule has 3 N–H and O–H groups in total. The van der Waals surface area contributed by atoms with E-state index in [1.807, 2.05) is 19.9 Å². The number of nitrogens with two attached hydrogens (primary N) is 1. The highest BCUT2D eigenvalue weighted by Crippen LogP contribution is 2.36. The minimum Gasteiger partial charge on any atom is -0.454 e. The van der Waals surface area contributed by atoms with Crippen molar-refractivity contribution in [2.24, 2.45) is 11.7 Å². The van der Waals surface area contributed by atoms with Crippen LogP contribution in [0.25, 0.3) is 0 Å². The zero-order valence-electron chi connectivity index (χ0n) is 10.7. The van der Waals surface area contributed by atoms with Gasteiger partial charge in [0.25, 0.3) is 0 Å². The van der Waals surface area contributed by atoms with Crippen molar-refractivity contribution in [3.8, 4) is 11.5 Å². The number of nitrogens with one attached hydrogen (secondary N) is 1. The number of anilines is 1. The number of benzene rings is 1. The molecule has 5 nitrogen and oxygen atoms in total. The van der Waals surface area contributed by atoms with Gasteiger partial charge in [-0.05, 0) is 25.0 Å². The van der Waals surface area contributed by atoms with Crippen LogP contribution in [-0.2, 0) is 4.79 Å². The van der Waals surface area contributed by atoms with E-state index in [0.29, 0.717) is 12.3 Å². The molecule has 0 saturated carbocycles. The Bertz CT molecular complexity index is 456. The fourth-order valence-corrected chi connectivity index (χ4v) is 1.87. The minimum atomic E-state index is -0.158. The van der Waals surface area contributed by atoms with E-state index in [9.17, 15) is 4.79 Å². The number of amides is 1. The Kier molecular flexibility index (Phi) is 3.72. The first-order valence-corrected chi connectivity index (χ1v) is 6.06. The molecule has 1 heterocycles. The predicted molar refractivity (Wildman–Crippen MR) is 68.8 cm³/mol. The van der Waals surface area contributed by atoms with E-state index in [-0.39, 0.29) is 18.6 Å². The van der Waals surface area contributed by atoms with Gasteiger partial charge in [-0.3, -0.25) is 4.79 Å². The van der Waals surface area contributed by atoms with Crippen LogP contribution in [0.3, 0.4) is 0 Å². The molecule has 0 fully saturated rings. The topological polar surface area (TPSA) is 73.6 Å². The smallest absolute Gasteiger partial charge is 0.231 e. The molecule has 5 heteroatoms. The van der Waals surface area contributed by atoms with Crippen molar-refractivity contribution in [1.82, 2.24) is 0 Å². The van der Waals surface area contributed by atoms with Crippen LogP contribution in [0, 0.1) is 12.8 Å². The highest BCUT2D eigenvalue weighted by Gasteiger charge is 2.19. The van der Waals surface area contributed by atoms with Crippen LogP contribution in [0.1, 0.15) is 18.9 Å². The van der Waals surface area contributed by atoms with Crippen LogP contribution in [0.2, 0.25) is 0 Å². The zero-order valence-corrected chi connectivity index (χ0v) is 10.7. The van der Waals surface area contributed by atoms with Crippen LogP contribution < -0.4 is 20.5 Å². The maximum atomic E-state index is 12.0. The Morgan fingerprint density at radius 3 is 2.72 bits per heavy atom. The van der Waals surface area contributed by atoms with E-state index in [1.165, 1.54) is 0 Å². The lowest BCUT2D eigenvalue weighted by molar-refractivity contribution is -0.119. The number of carbonyl (C=O) groups is 1. The molecule has 1 aromatic carbocycles. The quantitative estimate of drug-likeness (QED) is 0.852. The predicted octanol–water partition coefficient (Wildman–Crippen LogP) is 1.65. The first kappa shape index (κ1) is 12.7. The molecule has 2 rings (SSSR count). The first-order valence-electron chi connectivity index (χ1n) is 6.06. The minimum absolute atomic E-state index is 0.0537. The summed E-state index contributed by atoms with van der Waals surface area (Å²) in [4.78, 5) is 12.0. The maximum Gasteiger partial charge on any atom is 0.231 e. The van der Waals surface area contributed by atoms with Crippen LogP contribution in [0.15, 0.2) is 12.1 Å². The van der Waals surface area contributed by atoms with Gasteiger partial charge < -0.3 is 20.5 Å². The van der Waals surface area contributed by atoms with Gasteiger partial charge in [-0.2, -0.15) is 0 Å². The summed E-state index contributed by atoms with van der Waals surface area (Å²) in [6.07, 6.45) is 0.728. The second kappa shape index (κ2) is 5.27. The molecule has 1 aliphatic heterocycles. The molecule has 0 radical (unpaired) electrons. The molecule has 0 aromatic heterocycles. The van der Waals surface area contributed by atoms with Gasteiger partial charge in [0.1, 0.15) is 0 Å². The van der Waals surface area contributed by atoms with Crippen LogP contribution in [-0.4, -0.2) is 19.2 Å². The molecule has 0 saturated heterocycles. The lowest BCUT2D eigenvalue weighted by Gasteiger charge is -2.14. The van der Waals surface area contributed by atoms with Gasteiger partial charge in [0, 0.05) is 18.3 Å². The van der Waals surface area contributed by atoms with Crippen LogP contribution >= 0.6 is 0 Å². The summed E-state index contributed by atoms with van der Waals surface area (Å²) in [7, 11) is 0. The summed E-state index contributed by atoms with van der Waals surface area (Å²) >= 11 is 0. The monoisotopic (exact) mass is 250 g/mol. The molecular formula is C13H18N2O3. The summed E-state index contributed by atoms with van der Waals surface area (Å²) in [5.74, 6) is 1.17. The Hall–Kier alpha value is -1.75. The van der Waals surface area contributed by atoms with E-state index in [2.05, 4.69) is 5.32 Å². The van der Waals surface area contributed by atoms with Crippen LogP contribution in [0.5, 0.6) is 11.5 Å². The molecule has 1 atom stereocenters. The van der Waals surface area contributed by atoms with Gasteiger partial charge in [0.05, 0.1) is 5.92 Å². The summed E-state index contributed by atoms with van der Waals surface area (Å²) < 4.78 is 10.6. The summed E-state index contributed by atoms with van der Waals surface area (Å²) in [6, 6.07) is 3.65. The summed E-state index contributed by atoms with van der Waals surface area (Å²) in [6.45, 7) is 4.45. The SMILES string of the molecule is CCC(CN)C(=O)Nc1cc2c(cc1C)OCO2. The molecule has 0 spiro atoms. The molecule has 0 bridgehead atoms. The normalized spacial score (nSPS) is 14.4. The Morgan fingerprint density at radius 1 is 1.44 bits per heavy atom. The van der Waals surface area contributed by atoms with E-state index >= 15 is 0 Å². The lowest BCUT2D eigenvalue weighted by Crippen LogP contribution is -2.28. The Labute approximate surface area is 106 Å². The van der Waals surface area contributed by atoms with Crippen molar-refractivity contribution in [3.05, 3.63) is 17.7 Å². The van der Waals surface area contributed by atoms with Crippen LogP contribution in [0.4, 0.5) is 5.69 Å². The van der Waals surface area contributed by atoms with Gasteiger partial charge in [-0.15, -0.1) is 0 Å². The van der Waals surface area contributed by atoms with E-state index in [0.717, 1.165) is 23.4 Å². The standard InChI is InChI=1S/C13H18N2O3/c1-3-9(6-14)13(16)15-10-5-12-11(4-8(10)2)17-7-18-12/h4-5,9H,3,6-7,14H2,1-2H3,(H,15,16). The third kappa shape index (κ3) is 2.41. The highest BCUT2D eigenvalue weighted by atomic mass is 16.7. The average molecular weight is 250 g/mol. The largest absolute Gasteiger partial charge is 0.454 e. The number of fused-ring (bicyclic) bond motifs is 1. The number of aryl methyl sites for hydroxylation is 1. The molecule has 18 heavy (non-hydrogen) atoms. The number of rotatable bonds is 4. The Balaban J connectivity index is 2.17. The van der Waals surface area contributed by atoms with Crippen molar-refractivity contribution < 1.29 is 14.3 Å². The second-order valence-corrected chi connectivity index (χ2v) is 4.35. The number of ether oxygens (including phenoxy) is 2. The lowest BCUT2D eigenvalue weighted by atomic mass is 10.1. The molecule has 1 aromatic rings. The number of hydrogen-bond donors (Lipinski definition) is 2. The van der Waals surface area contributed by atoms with Gasteiger partial charge in [-0.1, -0.05) is 6.92 Å². The molecule has 98 valence electrons. The van der Waals surface area contributed by atoms with E-state index < -0.39 is 0 Å². The molecule has 1 unspecified atom stereocenters. The van der Waals surface area contributed by atoms with Gasteiger partial charge in [-0.25, -0.2) is 0 Å². The summed E-state index contributed by atoms with van der Waals surface area (Å²) in [5.41, 5.74) is 7.25. The fourth-order valence-electron chi connectivity index (χ4n) is 1.87. The van der Waals surface area contributed by atoms with Gasteiger partial charge in [0.2, 0.25) is 12.7 Å². The van der Waals surface area contributed by atoms with Gasteiger partial charge >= 0.3 is 0 Å². The maximum absolute atomic E-state index is 12.0. The number of carbonyl (C=O) groups excluding carboxylic acids is 1. The van der Waals surface area contributed by atoms with Crippen molar-refractivity contribution in [3.63, 3.8) is 0 Å². The Morgan fingerprint density at radius 2 is 2.11 bits per heavy atom. The third-order valence-corrected chi connectivity index (χ3v) is 3.13. The van der Waals surface area contributed by atoms with Gasteiger partial charge in [0.15, 0.2) is 11.5 Å². The second-order valence-electron chi connectivity index (χ2n) is 4.35. The molecule has 0 aliphatic carbocycles. The van der Waals surface area contributed by atoms with E-state index in [1.54, 1.807) is 6.07 Å². The van der Waals surface area contributed by atoms with Crippen molar-refractivity contribution >= 4 is 11.6 Å². The molecular weight excluding hydrogens is 232 g/mol. The molecule has 1 amide bonds. The third-order valence-electron chi connectivity index (χ3n) is 3.13. The summed E-state index contributed by atoms with van der Waals surface area (Å²) in [5, 5.41) is 2.89. The van der Waals surface area contributed by atoms with Crippen molar-refractivity contribution in [1.29, 1.82) is 0 Å². The van der Waals surface area contributed by atoms with Crippen molar-refractivity contribution in [2.75, 3.05) is 18.7 Å². The molecule has 1 aliphatic rings. The van der Waals surface area contributed by atoms with E-state index in [4.69, 9.17) is 15.2 Å². The number of hydrogen-bond acceptors (Lipinski definition) is 4. The fraction of sp³-hybridized carbons (Fsp3) is 0.462. The highest BCUT2D eigenvalue weighted by molar-refractivity contribution is 5.93.